The molecule has 3 aromatic rings. The molecule has 1 saturated heterocycles. The molecule has 1 fully saturated rings. The van der Waals surface area contributed by atoms with Crippen molar-refractivity contribution in [3.63, 3.8) is 0 Å². The Labute approximate surface area is 243 Å². The van der Waals surface area contributed by atoms with Crippen LogP contribution in [-0.2, 0) is 4.79 Å². The van der Waals surface area contributed by atoms with E-state index in [-0.39, 0.29) is 17.9 Å². The smallest absolute Gasteiger partial charge is 0.254 e. The van der Waals surface area contributed by atoms with E-state index < -0.39 is 5.92 Å². The molecule has 1 N–H and O–H groups in total. The molecule has 2 aliphatic heterocycles. The van der Waals surface area contributed by atoms with Crippen LogP contribution >= 0.6 is 11.3 Å². The summed E-state index contributed by atoms with van der Waals surface area (Å²) in [7, 11) is 0. The third kappa shape index (κ3) is 6.11. The van der Waals surface area contributed by atoms with Crippen LogP contribution in [0.5, 0.6) is 0 Å². The van der Waals surface area contributed by atoms with Gasteiger partial charge in [0, 0.05) is 55.4 Å². The van der Waals surface area contributed by atoms with Gasteiger partial charge in [0.2, 0.25) is 5.91 Å². The summed E-state index contributed by atoms with van der Waals surface area (Å²) in [5.41, 5.74) is 5.48. The number of thiophene rings is 1. The lowest BCUT2D eigenvalue weighted by atomic mass is 9.81. The minimum atomic E-state index is -0.424. The van der Waals surface area contributed by atoms with Gasteiger partial charge in [0.25, 0.3) is 5.91 Å². The number of amides is 2. The zero-order valence-electron chi connectivity index (χ0n) is 24.2. The van der Waals surface area contributed by atoms with Gasteiger partial charge >= 0.3 is 0 Å². The van der Waals surface area contributed by atoms with Crippen LogP contribution in [0.25, 0.3) is 0 Å². The van der Waals surface area contributed by atoms with Crippen molar-refractivity contribution < 1.29 is 9.59 Å². The summed E-state index contributed by atoms with van der Waals surface area (Å²) in [6, 6.07) is 18.1. The SMILES string of the molecule is Cc1ccc(C)c(N2CCN(CCCNC(=O)[C@@H]3c4ccccc4C(=O)N(CC(C)C)[C@H]3c3cccs3)CC2)c1. The Morgan fingerprint density at radius 3 is 2.52 bits per heavy atom. The van der Waals surface area contributed by atoms with Crippen LogP contribution in [0.1, 0.15) is 64.2 Å². The van der Waals surface area contributed by atoms with Crippen molar-refractivity contribution in [2.24, 2.45) is 5.92 Å². The highest BCUT2D eigenvalue weighted by molar-refractivity contribution is 7.10. The van der Waals surface area contributed by atoms with Crippen molar-refractivity contribution in [2.75, 3.05) is 50.7 Å². The number of nitrogens with one attached hydrogen (secondary N) is 1. The number of rotatable bonds is 9. The number of hydrogen-bond donors (Lipinski definition) is 1. The number of carbonyl (C=O) groups is 2. The van der Waals surface area contributed by atoms with Crippen molar-refractivity contribution >= 4 is 28.8 Å². The molecule has 5 rings (SSSR count). The number of carbonyl (C=O) groups excluding carboxylic acids is 2. The van der Waals surface area contributed by atoms with E-state index in [1.807, 2.05) is 40.6 Å². The van der Waals surface area contributed by atoms with E-state index in [0.717, 1.165) is 49.6 Å². The first kappa shape index (κ1) is 28.4. The monoisotopic (exact) mass is 558 g/mol. The molecule has 2 aromatic carbocycles. The molecule has 0 spiro atoms. The van der Waals surface area contributed by atoms with Gasteiger partial charge in [-0.3, -0.25) is 14.5 Å². The summed E-state index contributed by atoms with van der Waals surface area (Å²) in [5, 5.41) is 5.28. The second-order valence-corrected chi connectivity index (χ2v) is 12.6. The van der Waals surface area contributed by atoms with Crippen molar-refractivity contribution in [2.45, 2.75) is 46.1 Å². The molecule has 1 aromatic heterocycles. The van der Waals surface area contributed by atoms with Crippen LogP contribution < -0.4 is 10.2 Å². The fraction of sp³-hybridized carbons (Fsp3) is 0.455. The third-order valence-electron chi connectivity index (χ3n) is 8.15. The van der Waals surface area contributed by atoms with Crippen molar-refractivity contribution in [3.8, 4) is 0 Å². The summed E-state index contributed by atoms with van der Waals surface area (Å²) < 4.78 is 0. The number of piperazine rings is 1. The predicted molar refractivity (Wildman–Crippen MR) is 164 cm³/mol. The number of aryl methyl sites for hydroxylation is 2. The van der Waals surface area contributed by atoms with Crippen molar-refractivity contribution in [1.29, 1.82) is 0 Å². The van der Waals surface area contributed by atoms with E-state index >= 15 is 0 Å². The van der Waals surface area contributed by atoms with Gasteiger partial charge in [-0.05, 0) is 73.0 Å². The Hall–Kier alpha value is -3.16. The summed E-state index contributed by atoms with van der Waals surface area (Å²) in [4.78, 5) is 35.4. The van der Waals surface area contributed by atoms with E-state index in [1.165, 1.54) is 16.8 Å². The van der Waals surface area contributed by atoms with E-state index in [2.05, 4.69) is 67.1 Å². The first-order chi connectivity index (χ1) is 19.3. The molecule has 0 radical (unpaired) electrons. The molecule has 2 amide bonds. The minimum absolute atomic E-state index is 0.00634. The van der Waals surface area contributed by atoms with Crippen LogP contribution in [0.4, 0.5) is 5.69 Å². The lowest BCUT2D eigenvalue weighted by molar-refractivity contribution is -0.124. The Morgan fingerprint density at radius 1 is 1.02 bits per heavy atom. The first-order valence-corrected chi connectivity index (χ1v) is 15.5. The Morgan fingerprint density at radius 2 is 1.80 bits per heavy atom. The number of hydrogen-bond acceptors (Lipinski definition) is 5. The summed E-state index contributed by atoms with van der Waals surface area (Å²) >= 11 is 1.62. The second kappa shape index (κ2) is 12.6. The highest BCUT2D eigenvalue weighted by Gasteiger charge is 2.44. The molecular formula is C33H42N4O2S. The Kier molecular flexibility index (Phi) is 8.91. The Bertz CT molecular complexity index is 1310. The van der Waals surface area contributed by atoms with Gasteiger partial charge in [0.1, 0.15) is 0 Å². The van der Waals surface area contributed by atoms with Crippen LogP contribution in [-0.4, -0.2) is 67.4 Å². The average Bonchev–Trinajstić information content (AvgIpc) is 3.48. The van der Waals surface area contributed by atoms with Gasteiger partial charge in [-0.15, -0.1) is 11.3 Å². The zero-order valence-corrected chi connectivity index (χ0v) is 25.0. The summed E-state index contributed by atoms with van der Waals surface area (Å²) in [5.74, 6) is -0.0957. The van der Waals surface area contributed by atoms with Crippen LogP contribution in [0.3, 0.4) is 0 Å². The predicted octanol–water partition coefficient (Wildman–Crippen LogP) is 5.63. The second-order valence-electron chi connectivity index (χ2n) is 11.6. The molecule has 40 heavy (non-hydrogen) atoms. The van der Waals surface area contributed by atoms with Crippen LogP contribution in [0, 0.1) is 19.8 Å². The maximum absolute atomic E-state index is 13.9. The fourth-order valence-corrected chi connectivity index (χ4v) is 7.02. The molecule has 0 saturated carbocycles. The van der Waals surface area contributed by atoms with Gasteiger partial charge in [0.05, 0.1) is 12.0 Å². The number of fused-ring (bicyclic) bond motifs is 1. The van der Waals surface area contributed by atoms with Crippen LogP contribution in [0.15, 0.2) is 60.0 Å². The maximum atomic E-state index is 13.9. The third-order valence-corrected chi connectivity index (χ3v) is 9.09. The molecule has 2 aliphatic rings. The largest absolute Gasteiger partial charge is 0.369 e. The number of anilines is 1. The lowest BCUT2D eigenvalue weighted by Crippen LogP contribution is -2.49. The van der Waals surface area contributed by atoms with E-state index in [0.29, 0.717) is 24.6 Å². The summed E-state index contributed by atoms with van der Waals surface area (Å²) in [6.07, 6.45) is 0.905. The molecule has 7 heteroatoms. The number of nitrogens with zero attached hydrogens (tertiary/aromatic N) is 3. The molecule has 6 nitrogen and oxygen atoms in total. The van der Waals surface area contributed by atoms with Gasteiger partial charge in [0.15, 0.2) is 0 Å². The Balaban J connectivity index is 1.22. The summed E-state index contributed by atoms with van der Waals surface area (Å²) in [6.45, 7) is 14.9. The molecule has 3 heterocycles. The van der Waals surface area contributed by atoms with Gasteiger partial charge in [-0.25, -0.2) is 0 Å². The average molecular weight is 559 g/mol. The molecule has 2 atom stereocenters. The molecule has 0 bridgehead atoms. The standard InChI is InChI=1S/C33H42N4O2S/c1-23(2)22-37-31(29-11-7-20-40-29)30(26-9-5-6-10-27(26)33(37)39)32(38)34-14-8-15-35-16-18-36(19-17-35)28-21-24(3)12-13-25(28)4/h5-7,9-13,20-21,23,30-31H,8,14-19,22H2,1-4H3,(H,34,38)/t30-,31+/m1/s1. The first-order valence-electron chi connectivity index (χ1n) is 14.6. The van der Waals surface area contributed by atoms with E-state index in [4.69, 9.17) is 0 Å². The minimum Gasteiger partial charge on any atom is -0.369 e. The molecular weight excluding hydrogens is 516 g/mol. The lowest BCUT2D eigenvalue weighted by Gasteiger charge is -2.42. The molecule has 0 aliphatic carbocycles. The zero-order chi connectivity index (χ0) is 28.2. The fourth-order valence-electron chi connectivity index (χ4n) is 6.14. The molecule has 0 unspecified atom stereocenters. The van der Waals surface area contributed by atoms with Crippen molar-refractivity contribution in [1.82, 2.24) is 15.1 Å². The van der Waals surface area contributed by atoms with Crippen molar-refractivity contribution in [3.05, 3.63) is 87.1 Å². The van der Waals surface area contributed by atoms with Crippen LogP contribution in [0.2, 0.25) is 0 Å². The maximum Gasteiger partial charge on any atom is 0.254 e. The normalized spacial score (nSPS) is 19.7. The van der Waals surface area contributed by atoms with Gasteiger partial charge in [-0.1, -0.05) is 50.2 Å². The highest BCUT2D eigenvalue weighted by atomic mass is 32.1. The highest BCUT2D eigenvalue weighted by Crippen LogP contribution is 2.44. The van der Waals surface area contributed by atoms with Gasteiger partial charge < -0.3 is 15.1 Å². The number of benzene rings is 2. The molecule has 212 valence electrons. The topological polar surface area (TPSA) is 55.9 Å². The van der Waals surface area contributed by atoms with Gasteiger partial charge in [-0.2, -0.15) is 0 Å². The van der Waals surface area contributed by atoms with E-state index in [9.17, 15) is 9.59 Å². The quantitative estimate of drug-likeness (QED) is 0.346. The van der Waals surface area contributed by atoms with E-state index in [1.54, 1.807) is 11.3 Å².